The number of aromatic nitrogens is 3. The lowest BCUT2D eigenvalue weighted by molar-refractivity contribution is 0.0523. The van der Waals surface area contributed by atoms with Crippen molar-refractivity contribution < 1.29 is 18.7 Å². The molecule has 0 aliphatic carbocycles. The largest absolute Gasteiger partial charge is 0.462 e. The Hall–Kier alpha value is -3.85. The van der Waals surface area contributed by atoms with Crippen LogP contribution < -0.4 is 11.0 Å². The third-order valence-corrected chi connectivity index (χ3v) is 5.11. The molecule has 8 nitrogen and oxygen atoms in total. The molecule has 4 rings (SSSR count). The van der Waals surface area contributed by atoms with Gasteiger partial charge in [-0.2, -0.15) is 4.99 Å². The molecule has 0 unspecified atom stereocenters. The van der Waals surface area contributed by atoms with Crippen LogP contribution >= 0.6 is 11.6 Å². The Morgan fingerprint density at radius 3 is 2.72 bits per heavy atom. The lowest BCUT2D eigenvalue weighted by atomic mass is 10.2. The van der Waals surface area contributed by atoms with Gasteiger partial charge in [-0.3, -0.25) is 14.0 Å². The fraction of sp³-hybridized carbons (Fsp3) is 0.136. The molecule has 3 aromatic heterocycles. The summed E-state index contributed by atoms with van der Waals surface area (Å²) in [5.74, 6) is -2.64. The van der Waals surface area contributed by atoms with E-state index in [2.05, 4.69) is 9.98 Å². The van der Waals surface area contributed by atoms with E-state index in [1.54, 1.807) is 31.3 Å². The highest BCUT2D eigenvalue weighted by Crippen LogP contribution is 2.20. The third-order valence-electron chi connectivity index (χ3n) is 4.79. The van der Waals surface area contributed by atoms with Gasteiger partial charge in [-0.1, -0.05) is 23.7 Å². The van der Waals surface area contributed by atoms with Crippen molar-refractivity contribution in [3.63, 3.8) is 0 Å². The first kappa shape index (κ1) is 21.4. The van der Waals surface area contributed by atoms with E-state index in [1.165, 1.54) is 34.2 Å². The first-order valence-electron chi connectivity index (χ1n) is 9.54. The number of carbonyl (C=O) groups is 2. The summed E-state index contributed by atoms with van der Waals surface area (Å²) in [6.07, 6.45) is 1.55. The predicted molar refractivity (Wildman–Crippen MR) is 115 cm³/mol. The lowest BCUT2D eigenvalue weighted by Gasteiger charge is -2.11. The average molecular weight is 455 g/mol. The number of hydrogen-bond donors (Lipinski definition) is 0. The zero-order valence-corrected chi connectivity index (χ0v) is 17.8. The van der Waals surface area contributed by atoms with Crippen molar-refractivity contribution in [1.29, 1.82) is 0 Å². The van der Waals surface area contributed by atoms with E-state index in [9.17, 15) is 18.8 Å². The SMILES string of the molecule is CCOC(=O)c1cc2c(=O)n3ccccc3nc2n(C)c1=NC(=O)c1c(F)cccc1Cl. The van der Waals surface area contributed by atoms with Crippen molar-refractivity contribution in [2.24, 2.45) is 12.0 Å². The zero-order valence-electron chi connectivity index (χ0n) is 17.0. The van der Waals surface area contributed by atoms with E-state index in [4.69, 9.17) is 16.3 Å². The molecule has 1 amide bonds. The number of halogens is 2. The van der Waals surface area contributed by atoms with Crippen molar-refractivity contribution in [2.45, 2.75) is 6.92 Å². The van der Waals surface area contributed by atoms with E-state index >= 15 is 0 Å². The van der Waals surface area contributed by atoms with Crippen molar-refractivity contribution in [3.05, 3.63) is 86.5 Å². The first-order chi connectivity index (χ1) is 15.3. The van der Waals surface area contributed by atoms with Gasteiger partial charge in [-0.15, -0.1) is 0 Å². The highest BCUT2D eigenvalue weighted by molar-refractivity contribution is 6.33. The van der Waals surface area contributed by atoms with Crippen LogP contribution in [0.15, 0.2) is 58.4 Å². The van der Waals surface area contributed by atoms with Crippen LogP contribution in [0, 0.1) is 5.82 Å². The molecule has 4 aromatic rings. The molecular weight excluding hydrogens is 439 g/mol. The first-order valence-corrected chi connectivity index (χ1v) is 9.92. The maximum absolute atomic E-state index is 14.2. The molecule has 162 valence electrons. The minimum absolute atomic E-state index is 0.0576. The quantitative estimate of drug-likeness (QED) is 0.350. The summed E-state index contributed by atoms with van der Waals surface area (Å²) in [5.41, 5.74) is -0.596. The Morgan fingerprint density at radius 1 is 1.22 bits per heavy atom. The molecule has 0 radical (unpaired) electrons. The number of hydrogen-bond acceptors (Lipinski definition) is 5. The van der Waals surface area contributed by atoms with E-state index in [0.717, 1.165) is 6.07 Å². The fourth-order valence-electron chi connectivity index (χ4n) is 3.31. The summed E-state index contributed by atoms with van der Waals surface area (Å²) in [4.78, 5) is 46.9. The Kier molecular flexibility index (Phi) is 5.58. The standard InChI is InChI=1S/C22H16ClFN4O4/c1-3-32-22(31)13-11-12-18(25-16-9-4-5-10-28(16)21(12)30)27(2)19(13)26-20(29)17-14(23)7-6-8-15(17)24/h4-11H,3H2,1-2H3. The number of carbonyl (C=O) groups excluding carboxylic acids is 2. The summed E-state index contributed by atoms with van der Waals surface area (Å²) in [6, 6.07) is 10.1. The molecule has 10 heteroatoms. The van der Waals surface area contributed by atoms with Crippen LogP contribution in [0.1, 0.15) is 27.6 Å². The lowest BCUT2D eigenvalue weighted by Crippen LogP contribution is -2.31. The second-order valence-electron chi connectivity index (χ2n) is 6.76. The van der Waals surface area contributed by atoms with Gasteiger partial charge in [0, 0.05) is 13.2 Å². The molecular formula is C22H16ClFN4O4. The summed E-state index contributed by atoms with van der Waals surface area (Å²) >= 11 is 5.99. The Morgan fingerprint density at radius 2 is 2.00 bits per heavy atom. The van der Waals surface area contributed by atoms with Crippen LogP contribution in [-0.2, 0) is 11.8 Å². The van der Waals surface area contributed by atoms with Gasteiger partial charge in [0.15, 0.2) is 5.49 Å². The molecule has 1 aromatic carbocycles. The molecule has 0 bridgehead atoms. The van der Waals surface area contributed by atoms with Gasteiger partial charge in [0.05, 0.1) is 22.6 Å². The summed E-state index contributed by atoms with van der Waals surface area (Å²) in [5, 5.41) is -0.00295. The molecule has 0 saturated heterocycles. The van der Waals surface area contributed by atoms with Gasteiger partial charge < -0.3 is 9.30 Å². The molecule has 0 N–H and O–H groups in total. The molecule has 0 aliphatic heterocycles. The van der Waals surface area contributed by atoms with E-state index in [1.807, 2.05) is 0 Å². The minimum Gasteiger partial charge on any atom is -0.462 e. The highest BCUT2D eigenvalue weighted by atomic mass is 35.5. The Labute approximate surface area is 185 Å². The Balaban J connectivity index is 2.09. The maximum Gasteiger partial charge on any atom is 0.341 e. The fourth-order valence-corrected chi connectivity index (χ4v) is 3.56. The van der Waals surface area contributed by atoms with Gasteiger partial charge in [0.25, 0.3) is 11.5 Å². The van der Waals surface area contributed by atoms with Gasteiger partial charge in [-0.05, 0) is 37.3 Å². The number of amides is 1. The smallest absolute Gasteiger partial charge is 0.341 e. The Bertz CT molecular complexity index is 1520. The van der Waals surface area contributed by atoms with Crippen LogP contribution in [0.3, 0.4) is 0 Å². The average Bonchev–Trinajstić information content (AvgIpc) is 2.76. The monoisotopic (exact) mass is 454 g/mol. The van der Waals surface area contributed by atoms with Crippen LogP contribution in [0.25, 0.3) is 16.7 Å². The summed E-state index contributed by atoms with van der Waals surface area (Å²) in [6.45, 7) is 1.67. The molecule has 0 saturated carbocycles. The van der Waals surface area contributed by atoms with Gasteiger partial charge in [-0.25, -0.2) is 14.2 Å². The maximum atomic E-state index is 14.2. The number of pyridine rings is 2. The normalized spacial score (nSPS) is 11.8. The molecule has 0 spiro atoms. The van der Waals surface area contributed by atoms with E-state index < -0.39 is 28.8 Å². The number of esters is 1. The second kappa shape index (κ2) is 8.35. The molecule has 3 heterocycles. The molecule has 0 atom stereocenters. The second-order valence-corrected chi connectivity index (χ2v) is 7.16. The van der Waals surface area contributed by atoms with Crippen LogP contribution in [-0.4, -0.2) is 32.4 Å². The van der Waals surface area contributed by atoms with Crippen molar-refractivity contribution in [2.75, 3.05) is 6.61 Å². The number of rotatable bonds is 3. The van der Waals surface area contributed by atoms with Crippen molar-refractivity contribution in [1.82, 2.24) is 14.0 Å². The predicted octanol–water partition coefficient (Wildman–Crippen LogP) is 2.90. The zero-order chi connectivity index (χ0) is 23.0. The third kappa shape index (κ3) is 3.56. The number of aryl methyl sites for hydroxylation is 1. The molecule has 32 heavy (non-hydrogen) atoms. The summed E-state index contributed by atoms with van der Waals surface area (Å²) < 4.78 is 22.0. The van der Waals surface area contributed by atoms with Crippen molar-refractivity contribution in [3.8, 4) is 0 Å². The van der Waals surface area contributed by atoms with E-state index in [-0.39, 0.29) is 33.7 Å². The van der Waals surface area contributed by atoms with Crippen LogP contribution in [0.4, 0.5) is 4.39 Å². The highest BCUT2D eigenvalue weighted by Gasteiger charge is 2.20. The number of nitrogens with zero attached hydrogens (tertiary/aromatic N) is 4. The number of fused-ring (bicyclic) bond motifs is 2. The van der Waals surface area contributed by atoms with Gasteiger partial charge in [0.2, 0.25) is 0 Å². The van der Waals surface area contributed by atoms with E-state index in [0.29, 0.717) is 5.65 Å². The molecule has 0 aliphatic rings. The molecule has 0 fully saturated rings. The van der Waals surface area contributed by atoms with Gasteiger partial charge >= 0.3 is 5.97 Å². The number of benzene rings is 1. The van der Waals surface area contributed by atoms with Crippen molar-refractivity contribution >= 4 is 40.2 Å². The summed E-state index contributed by atoms with van der Waals surface area (Å²) in [7, 11) is 1.49. The minimum atomic E-state index is -0.994. The van der Waals surface area contributed by atoms with Crippen LogP contribution in [0.5, 0.6) is 0 Å². The topological polar surface area (TPSA) is 95.0 Å². The van der Waals surface area contributed by atoms with Crippen LogP contribution in [0.2, 0.25) is 5.02 Å². The van der Waals surface area contributed by atoms with Gasteiger partial charge in [0.1, 0.15) is 22.7 Å². The number of ether oxygens (including phenoxy) is 1.